The Morgan fingerprint density at radius 1 is 0.850 bits per heavy atom. The summed E-state index contributed by atoms with van der Waals surface area (Å²) in [7, 11) is 0. The fourth-order valence-electron chi connectivity index (χ4n) is 2.18. The van der Waals surface area contributed by atoms with Gasteiger partial charge in [0.05, 0.1) is 5.57 Å². The molecule has 0 amide bonds. The normalized spacial score (nSPS) is 13.6. The fourth-order valence-corrected chi connectivity index (χ4v) is 2.18. The molecule has 20 heavy (non-hydrogen) atoms. The third-order valence-electron chi connectivity index (χ3n) is 3.17. The summed E-state index contributed by atoms with van der Waals surface area (Å²) >= 11 is 0. The lowest BCUT2D eigenvalue weighted by atomic mass is 10.1. The summed E-state index contributed by atoms with van der Waals surface area (Å²) in [5.74, 6) is -2.39. The molecule has 0 fully saturated rings. The SMILES string of the molecule is O=C1C(=Cc2ccc(F)cc2F)C(=O)c2ccccc21. The number of rotatable bonds is 1. The fraction of sp³-hybridized carbons (Fsp3) is 0. The van der Waals surface area contributed by atoms with Gasteiger partial charge in [-0.2, -0.15) is 0 Å². The Balaban J connectivity index is 2.11. The molecule has 0 heterocycles. The van der Waals surface area contributed by atoms with Crippen LogP contribution in [0.3, 0.4) is 0 Å². The van der Waals surface area contributed by atoms with E-state index in [0.717, 1.165) is 6.07 Å². The molecule has 2 nitrogen and oxygen atoms in total. The second kappa shape index (κ2) is 4.49. The van der Waals surface area contributed by atoms with E-state index in [0.29, 0.717) is 17.2 Å². The van der Waals surface area contributed by atoms with E-state index in [9.17, 15) is 18.4 Å². The quantitative estimate of drug-likeness (QED) is 0.587. The molecular weight excluding hydrogens is 262 g/mol. The predicted molar refractivity (Wildman–Crippen MR) is 69.4 cm³/mol. The van der Waals surface area contributed by atoms with Crippen LogP contribution in [0, 0.1) is 11.6 Å². The number of benzene rings is 2. The van der Waals surface area contributed by atoms with Gasteiger partial charge >= 0.3 is 0 Å². The smallest absolute Gasteiger partial charge is 0.197 e. The lowest BCUT2D eigenvalue weighted by Gasteiger charge is -1.98. The van der Waals surface area contributed by atoms with Crippen LogP contribution in [-0.4, -0.2) is 11.6 Å². The van der Waals surface area contributed by atoms with Gasteiger partial charge in [-0.3, -0.25) is 9.59 Å². The Hall–Kier alpha value is -2.62. The summed E-state index contributed by atoms with van der Waals surface area (Å²) in [5, 5.41) is 0. The lowest BCUT2D eigenvalue weighted by Crippen LogP contribution is -2.01. The van der Waals surface area contributed by atoms with Crippen molar-refractivity contribution in [1.29, 1.82) is 0 Å². The van der Waals surface area contributed by atoms with Crippen LogP contribution in [0.4, 0.5) is 8.78 Å². The molecule has 1 aliphatic rings. The van der Waals surface area contributed by atoms with E-state index in [2.05, 4.69) is 0 Å². The zero-order valence-electron chi connectivity index (χ0n) is 10.2. The van der Waals surface area contributed by atoms with E-state index in [1.165, 1.54) is 12.1 Å². The Kier molecular flexibility index (Phi) is 2.79. The van der Waals surface area contributed by atoms with Gasteiger partial charge in [-0.15, -0.1) is 0 Å². The summed E-state index contributed by atoms with van der Waals surface area (Å²) in [6, 6.07) is 9.41. The third-order valence-corrected chi connectivity index (χ3v) is 3.17. The Bertz CT molecular complexity index is 739. The van der Waals surface area contributed by atoms with Gasteiger partial charge in [0.2, 0.25) is 0 Å². The maximum Gasteiger partial charge on any atom is 0.197 e. The molecule has 4 heteroatoms. The van der Waals surface area contributed by atoms with Gasteiger partial charge in [-0.1, -0.05) is 24.3 Å². The molecule has 2 aromatic rings. The molecule has 0 spiro atoms. The number of hydrogen-bond acceptors (Lipinski definition) is 2. The maximum atomic E-state index is 13.6. The second-order valence-electron chi connectivity index (χ2n) is 4.43. The number of Topliss-reactive ketones (excluding diaryl/α,β-unsaturated/α-hetero) is 2. The summed E-state index contributed by atoms with van der Waals surface area (Å²) in [4.78, 5) is 24.2. The van der Waals surface area contributed by atoms with Crippen molar-refractivity contribution in [1.82, 2.24) is 0 Å². The highest BCUT2D eigenvalue weighted by atomic mass is 19.1. The first-order valence-electron chi connectivity index (χ1n) is 5.93. The number of carbonyl (C=O) groups excluding carboxylic acids is 2. The van der Waals surface area contributed by atoms with Crippen molar-refractivity contribution in [3.05, 3.63) is 76.4 Å². The highest BCUT2D eigenvalue weighted by Gasteiger charge is 2.32. The van der Waals surface area contributed by atoms with Crippen LogP contribution in [0.2, 0.25) is 0 Å². The predicted octanol–water partition coefficient (Wildman–Crippen LogP) is 3.43. The van der Waals surface area contributed by atoms with E-state index >= 15 is 0 Å². The zero-order valence-corrected chi connectivity index (χ0v) is 10.2. The van der Waals surface area contributed by atoms with Gasteiger partial charge in [0.1, 0.15) is 11.6 Å². The van der Waals surface area contributed by atoms with Crippen molar-refractivity contribution in [3.63, 3.8) is 0 Å². The van der Waals surface area contributed by atoms with Gasteiger partial charge in [0, 0.05) is 22.8 Å². The summed E-state index contributed by atoms with van der Waals surface area (Å²) in [5.41, 5.74) is 0.533. The number of carbonyl (C=O) groups is 2. The molecule has 2 aromatic carbocycles. The zero-order chi connectivity index (χ0) is 14.3. The van der Waals surface area contributed by atoms with Crippen molar-refractivity contribution in [2.24, 2.45) is 0 Å². The standard InChI is InChI=1S/C16H8F2O2/c17-10-6-5-9(14(18)8-10)7-13-15(19)11-3-1-2-4-12(11)16(13)20/h1-8H. The van der Waals surface area contributed by atoms with Crippen LogP contribution in [0.15, 0.2) is 48.0 Å². The average Bonchev–Trinajstić information content (AvgIpc) is 2.67. The molecule has 0 atom stereocenters. The maximum absolute atomic E-state index is 13.6. The summed E-state index contributed by atoms with van der Waals surface area (Å²) < 4.78 is 26.4. The minimum atomic E-state index is -0.811. The van der Waals surface area contributed by atoms with Crippen LogP contribution in [0.25, 0.3) is 6.08 Å². The summed E-state index contributed by atoms with van der Waals surface area (Å²) in [6.45, 7) is 0. The van der Waals surface area contributed by atoms with E-state index in [4.69, 9.17) is 0 Å². The molecule has 98 valence electrons. The largest absolute Gasteiger partial charge is 0.288 e. The topological polar surface area (TPSA) is 34.1 Å². The molecule has 0 N–H and O–H groups in total. The van der Waals surface area contributed by atoms with E-state index < -0.39 is 23.2 Å². The molecule has 0 saturated heterocycles. The molecule has 0 aliphatic heterocycles. The van der Waals surface area contributed by atoms with Crippen LogP contribution < -0.4 is 0 Å². The molecule has 0 saturated carbocycles. The first kappa shape index (κ1) is 12.4. The van der Waals surface area contributed by atoms with Gasteiger partial charge in [-0.25, -0.2) is 8.78 Å². The minimum absolute atomic E-state index is 0.0101. The van der Waals surface area contributed by atoms with Crippen molar-refractivity contribution in [3.8, 4) is 0 Å². The number of allylic oxidation sites excluding steroid dienone is 1. The Labute approximate surface area is 113 Å². The third kappa shape index (κ3) is 1.86. The van der Waals surface area contributed by atoms with Crippen LogP contribution in [0.5, 0.6) is 0 Å². The molecule has 0 bridgehead atoms. The number of ketones is 2. The van der Waals surface area contributed by atoms with Crippen LogP contribution in [-0.2, 0) is 0 Å². The highest BCUT2D eigenvalue weighted by Crippen LogP contribution is 2.28. The number of halogens is 2. The van der Waals surface area contributed by atoms with Crippen molar-refractivity contribution < 1.29 is 18.4 Å². The number of fused-ring (bicyclic) bond motifs is 1. The molecule has 1 aliphatic carbocycles. The lowest BCUT2D eigenvalue weighted by molar-refractivity contribution is 0.0990. The first-order valence-corrected chi connectivity index (χ1v) is 5.93. The van der Waals surface area contributed by atoms with Crippen LogP contribution >= 0.6 is 0 Å². The van der Waals surface area contributed by atoms with E-state index in [1.807, 2.05) is 0 Å². The van der Waals surface area contributed by atoms with Gasteiger partial charge in [0.15, 0.2) is 11.6 Å². The van der Waals surface area contributed by atoms with Gasteiger partial charge < -0.3 is 0 Å². The van der Waals surface area contributed by atoms with E-state index in [-0.39, 0.29) is 11.1 Å². The van der Waals surface area contributed by atoms with Crippen molar-refractivity contribution in [2.45, 2.75) is 0 Å². The number of hydrogen-bond donors (Lipinski definition) is 0. The second-order valence-corrected chi connectivity index (χ2v) is 4.43. The summed E-state index contributed by atoms with van der Waals surface area (Å²) in [6.07, 6.45) is 1.17. The molecule has 0 aromatic heterocycles. The molecule has 0 radical (unpaired) electrons. The van der Waals surface area contributed by atoms with Crippen LogP contribution in [0.1, 0.15) is 26.3 Å². The Morgan fingerprint density at radius 3 is 2.00 bits per heavy atom. The molecule has 3 rings (SSSR count). The van der Waals surface area contributed by atoms with Crippen molar-refractivity contribution in [2.75, 3.05) is 0 Å². The minimum Gasteiger partial charge on any atom is -0.288 e. The van der Waals surface area contributed by atoms with Crippen molar-refractivity contribution >= 4 is 17.6 Å². The first-order chi connectivity index (χ1) is 9.58. The van der Waals surface area contributed by atoms with E-state index in [1.54, 1.807) is 24.3 Å². The average molecular weight is 270 g/mol. The Morgan fingerprint density at radius 2 is 1.45 bits per heavy atom. The molecular formula is C16H8F2O2. The van der Waals surface area contributed by atoms with Gasteiger partial charge in [0.25, 0.3) is 0 Å². The highest BCUT2D eigenvalue weighted by molar-refractivity contribution is 6.41. The monoisotopic (exact) mass is 270 g/mol. The molecule has 0 unspecified atom stereocenters. The van der Waals surface area contributed by atoms with Gasteiger partial charge in [-0.05, 0) is 18.2 Å².